The molecule has 4 rings (SSSR count). The number of benzene rings is 2. The standard InChI is InChI=1S/C22H20ClN3O5/c1-12-10-17-15(11-16(12)23)20(27)18-19(13-4-6-14(7-5-13)26(29)30)25(9-8-24(2)3)22(28)21(18)31-17/h4-7,10-11,19H,8-9H2,1-3H3. The van der Waals surface area contributed by atoms with Crippen molar-refractivity contribution in [2.24, 2.45) is 0 Å². The summed E-state index contributed by atoms with van der Waals surface area (Å²) in [5.41, 5.74) is 1.46. The molecule has 0 N–H and O–H groups in total. The molecule has 1 aliphatic rings. The minimum absolute atomic E-state index is 0.00123. The minimum Gasteiger partial charge on any atom is -0.450 e. The van der Waals surface area contributed by atoms with Gasteiger partial charge in [-0.15, -0.1) is 0 Å². The maximum absolute atomic E-state index is 13.5. The van der Waals surface area contributed by atoms with Gasteiger partial charge < -0.3 is 14.2 Å². The summed E-state index contributed by atoms with van der Waals surface area (Å²) in [4.78, 5) is 40.8. The molecule has 0 saturated heterocycles. The quantitative estimate of drug-likeness (QED) is 0.441. The lowest BCUT2D eigenvalue weighted by Gasteiger charge is -2.26. The number of halogens is 1. The van der Waals surface area contributed by atoms with E-state index in [1.54, 1.807) is 36.1 Å². The van der Waals surface area contributed by atoms with E-state index in [0.717, 1.165) is 5.56 Å². The Kier molecular flexibility index (Phi) is 5.28. The summed E-state index contributed by atoms with van der Waals surface area (Å²) in [6.45, 7) is 2.72. The van der Waals surface area contributed by atoms with Crippen LogP contribution in [0.4, 0.5) is 5.69 Å². The fourth-order valence-electron chi connectivity index (χ4n) is 3.80. The predicted molar refractivity (Wildman–Crippen MR) is 117 cm³/mol. The molecule has 1 amide bonds. The van der Waals surface area contributed by atoms with Crippen molar-refractivity contribution in [1.82, 2.24) is 9.80 Å². The average molecular weight is 442 g/mol. The molecule has 9 heteroatoms. The normalized spacial score (nSPS) is 15.7. The lowest BCUT2D eigenvalue weighted by atomic mass is 9.98. The van der Waals surface area contributed by atoms with Gasteiger partial charge in [0.05, 0.1) is 21.9 Å². The molecule has 1 atom stereocenters. The van der Waals surface area contributed by atoms with Crippen LogP contribution in [-0.2, 0) is 0 Å². The molecule has 0 bridgehead atoms. The van der Waals surface area contributed by atoms with Crippen LogP contribution < -0.4 is 5.43 Å². The van der Waals surface area contributed by atoms with Crippen LogP contribution in [0.5, 0.6) is 0 Å². The van der Waals surface area contributed by atoms with E-state index in [1.165, 1.54) is 12.1 Å². The molecule has 0 saturated carbocycles. The number of aryl methyl sites for hydroxylation is 1. The minimum atomic E-state index is -0.705. The summed E-state index contributed by atoms with van der Waals surface area (Å²) in [5, 5.41) is 11.8. The van der Waals surface area contributed by atoms with Crippen LogP contribution in [0.15, 0.2) is 45.6 Å². The van der Waals surface area contributed by atoms with Crippen LogP contribution in [0.25, 0.3) is 11.0 Å². The van der Waals surface area contributed by atoms with Crippen LogP contribution >= 0.6 is 11.6 Å². The second-order valence-corrected chi connectivity index (χ2v) is 8.23. The number of likely N-dealkylation sites (N-methyl/N-ethyl adjacent to an activating group) is 1. The van der Waals surface area contributed by atoms with Gasteiger partial charge in [-0.3, -0.25) is 19.7 Å². The van der Waals surface area contributed by atoms with Crippen molar-refractivity contribution in [2.45, 2.75) is 13.0 Å². The summed E-state index contributed by atoms with van der Waals surface area (Å²) in [6, 6.07) is 8.37. The highest BCUT2D eigenvalue weighted by Gasteiger charge is 2.42. The monoisotopic (exact) mass is 441 g/mol. The van der Waals surface area contributed by atoms with E-state index in [2.05, 4.69) is 0 Å². The molecule has 8 nitrogen and oxygen atoms in total. The number of nitrogens with zero attached hydrogens (tertiary/aromatic N) is 3. The van der Waals surface area contributed by atoms with E-state index in [0.29, 0.717) is 34.6 Å². The molecule has 0 spiro atoms. The number of nitro benzene ring substituents is 1. The maximum atomic E-state index is 13.5. The number of carbonyl (C=O) groups excluding carboxylic acids is 1. The highest BCUT2D eigenvalue weighted by Crippen LogP contribution is 2.39. The highest BCUT2D eigenvalue weighted by molar-refractivity contribution is 6.32. The number of amides is 1. The van der Waals surface area contributed by atoms with Gasteiger partial charge in [0.2, 0.25) is 5.76 Å². The number of rotatable bonds is 5. The molecule has 31 heavy (non-hydrogen) atoms. The van der Waals surface area contributed by atoms with Gasteiger partial charge in [0, 0.05) is 30.2 Å². The summed E-state index contributed by atoms with van der Waals surface area (Å²) in [5.74, 6) is -0.381. The van der Waals surface area contributed by atoms with Crippen molar-refractivity contribution < 1.29 is 14.1 Å². The lowest BCUT2D eigenvalue weighted by molar-refractivity contribution is -0.384. The molecule has 1 unspecified atom stereocenters. The molecule has 0 aliphatic carbocycles. The van der Waals surface area contributed by atoms with Crippen molar-refractivity contribution >= 4 is 34.2 Å². The van der Waals surface area contributed by atoms with Gasteiger partial charge in [0.25, 0.3) is 11.6 Å². The Morgan fingerprint density at radius 3 is 2.48 bits per heavy atom. The molecular formula is C22H20ClN3O5. The molecule has 160 valence electrons. The zero-order chi connectivity index (χ0) is 22.4. The van der Waals surface area contributed by atoms with E-state index in [9.17, 15) is 19.7 Å². The van der Waals surface area contributed by atoms with E-state index in [-0.39, 0.29) is 28.3 Å². The molecule has 0 fully saturated rings. The lowest BCUT2D eigenvalue weighted by Crippen LogP contribution is -2.35. The number of nitro groups is 1. The highest BCUT2D eigenvalue weighted by atomic mass is 35.5. The van der Waals surface area contributed by atoms with Gasteiger partial charge in [-0.05, 0) is 56.4 Å². The van der Waals surface area contributed by atoms with Crippen molar-refractivity contribution in [3.8, 4) is 0 Å². The third kappa shape index (κ3) is 3.58. The van der Waals surface area contributed by atoms with Crippen molar-refractivity contribution in [3.63, 3.8) is 0 Å². The fraction of sp³-hybridized carbons (Fsp3) is 0.273. The summed E-state index contributed by atoms with van der Waals surface area (Å²) in [7, 11) is 3.77. The molecule has 1 aromatic heterocycles. The number of carbonyl (C=O) groups is 1. The fourth-order valence-corrected chi connectivity index (χ4v) is 3.97. The number of non-ortho nitro benzene ring substituents is 1. The van der Waals surface area contributed by atoms with Crippen molar-refractivity contribution in [3.05, 3.63) is 84.2 Å². The Morgan fingerprint density at radius 2 is 1.87 bits per heavy atom. The van der Waals surface area contributed by atoms with Crippen LogP contribution in [0.1, 0.15) is 33.3 Å². The Morgan fingerprint density at radius 1 is 1.19 bits per heavy atom. The summed E-state index contributed by atoms with van der Waals surface area (Å²) in [6.07, 6.45) is 0. The number of hydrogen-bond donors (Lipinski definition) is 0. The summed E-state index contributed by atoms with van der Waals surface area (Å²) >= 11 is 6.23. The first-order valence-corrected chi connectivity index (χ1v) is 10.0. The molecule has 2 aromatic carbocycles. The number of fused-ring (bicyclic) bond motifs is 2. The zero-order valence-electron chi connectivity index (χ0n) is 17.2. The summed E-state index contributed by atoms with van der Waals surface area (Å²) < 4.78 is 5.91. The van der Waals surface area contributed by atoms with Gasteiger partial charge in [0.15, 0.2) is 5.43 Å². The van der Waals surface area contributed by atoms with E-state index < -0.39 is 11.0 Å². The first-order chi connectivity index (χ1) is 14.7. The smallest absolute Gasteiger partial charge is 0.290 e. The largest absolute Gasteiger partial charge is 0.450 e. The molecule has 0 radical (unpaired) electrons. The first-order valence-electron chi connectivity index (χ1n) is 9.66. The van der Waals surface area contributed by atoms with Gasteiger partial charge >= 0.3 is 0 Å². The Balaban J connectivity index is 1.93. The van der Waals surface area contributed by atoms with Crippen LogP contribution in [0.3, 0.4) is 0 Å². The van der Waals surface area contributed by atoms with Crippen LogP contribution in [0, 0.1) is 17.0 Å². The second kappa shape index (κ2) is 7.79. The molecule has 2 heterocycles. The molecule has 1 aliphatic heterocycles. The van der Waals surface area contributed by atoms with E-state index in [1.807, 2.05) is 19.0 Å². The third-order valence-electron chi connectivity index (χ3n) is 5.45. The first kappa shape index (κ1) is 21.0. The third-order valence-corrected chi connectivity index (χ3v) is 5.86. The van der Waals surface area contributed by atoms with Crippen molar-refractivity contribution in [1.29, 1.82) is 0 Å². The Hall–Kier alpha value is -3.23. The predicted octanol–water partition coefficient (Wildman–Crippen LogP) is 3.77. The van der Waals surface area contributed by atoms with E-state index in [4.69, 9.17) is 16.0 Å². The van der Waals surface area contributed by atoms with Crippen LogP contribution in [-0.4, -0.2) is 47.8 Å². The van der Waals surface area contributed by atoms with Gasteiger partial charge in [0.1, 0.15) is 5.58 Å². The zero-order valence-corrected chi connectivity index (χ0v) is 18.0. The second-order valence-electron chi connectivity index (χ2n) is 7.82. The van der Waals surface area contributed by atoms with Gasteiger partial charge in [-0.2, -0.15) is 0 Å². The SMILES string of the molecule is Cc1cc2oc3c(c(=O)c2cc1Cl)C(c1ccc([N+](=O)[O-])cc1)N(CCN(C)C)C3=O. The topological polar surface area (TPSA) is 96.9 Å². The van der Waals surface area contributed by atoms with E-state index >= 15 is 0 Å². The van der Waals surface area contributed by atoms with Gasteiger partial charge in [-0.25, -0.2) is 0 Å². The van der Waals surface area contributed by atoms with Gasteiger partial charge in [-0.1, -0.05) is 11.6 Å². The Labute approximate surface area is 182 Å². The molecule has 3 aromatic rings. The van der Waals surface area contributed by atoms with Crippen molar-refractivity contribution in [2.75, 3.05) is 27.2 Å². The number of hydrogen-bond acceptors (Lipinski definition) is 6. The molecular weight excluding hydrogens is 422 g/mol. The Bertz CT molecular complexity index is 1270. The average Bonchev–Trinajstić information content (AvgIpc) is 3.00. The van der Waals surface area contributed by atoms with Crippen LogP contribution in [0.2, 0.25) is 5.02 Å². The maximum Gasteiger partial charge on any atom is 0.290 e.